The summed E-state index contributed by atoms with van der Waals surface area (Å²) in [5.41, 5.74) is 0.651. The van der Waals surface area contributed by atoms with Gasteiger partial charge in [-0.2, -0.15) is 0 Å². The highest BCUT2D eigenvalue weighted by Crippen LogP contribution is 2.19. The van der Waals surface area contributed by atoms with Crippen LogP contribution in [-0.2, 0) is 4.79 Å². The van der Waals surface area contributed by atoms with Crippen LogP contribution in [0.4, 0.5) is 10.1 Å². The zero-order valence-electron chi connectivity index (χ0n) is 7.19. The average Bonchev–Trinajstić information content (AvgIpc) is 2.10. The third kappa shape index (κ3) is 3.53. The fraction of sp³-hybridized carbons (Fsp3) is 0.222. The largest absolute Gasteiger partial charge is 0.325 e. The molecule has 1 rings (SSSR count). The topological polar surface area (TPSA) is 29.1 Å². The normalized spacial score (nSPS) is 9.93. The Balaban J connectivity index is 2.72. The van der Waals surface area contributed by atoms with E-state index in [1.165, 1.54) is 12.1 Å². The Kier molecular flexibility index (Phi) is 4.80. The molecule has 0 radical (unpaired) electrons. The molecule has 1 N–H and O–H groups in total. The minimum absolute atomic E-state index is 0.0774. The SMILES string of the molecule is O=C(CCBr)Nc1ccc(F)cc1I. The van der Waals surface area contributed by atoms with Crippen LogP contribution >= 0.6 is 38.5 Å². The second-order valence-electron chi connectivity index (χ2n) is 2.61. The van der Waals surface area contributed by atoms with Gasteiger partial charge in [0.15, 0.2) is 0 Å². The molecule has 0 atom stereocenters. The lowest BCUT2D eigenvalue weighted by Crippen LogP contribution is -2.12. The first-order valence-electron chi connectivity index (χ1n) is 3.94. The first-order valence-corrected chi connectivity index (χ1v) is 6.14. The van der Waals surface area contributed by atoms with Gasteiger partial charge in [0.05, 0.1) is 5.69 Å². The van der Waals surface area contributed by atoms with Crippen molar-refractivity contribution in [1.82, 2.24) is 0 Å². The van der Waals surface area contributed by atoms with Crippen LogP contribution in [0.2, 0.25) is 0 Å². The van der Waals surface area contributed by atoms with Gasteiger partial charge in [0.1, 0.15) is 5.82 Å². The van der Waals surface area contributed by atoms with Crippen molar-refractivity contribution in [2.75, 3.05) is 10.6 Å². The van der Waals surface area contributed by atoms with Gasteiger partial charge in [-0.25, -0.2) is 4.39 Å². The molecule has 0 bridgehead atoms. The number of rotatable bonds is 3. The van der Waals surface area contributed by atoms with Gasteiger partial charge in [-0.3, -0.25) is 4.79 Å². The predicted octanol–water partition coefficient (Wildman–Crippen LogP) is 3.15. The number of hydrogen-bond donors (Lipinski definition) is 1. The first-order chi connectivity index (χ1) is 6.63. The highest BCUT2D eigenvalue weighted by molar-refractivity contribution is 14.1. The Bertz CT molecular complexity index is 346. The summed E-state index contributed by atoms with van der Waals surface area (Å²) in [5.74, 6) is -0.376. The Morgan fingerprint density at radius 3 is 2.86 bits per heavy atom. The van der Waals surface area contributed by atoms with Crippen molar-refractivity contribution in [1.29, 1.82) is 0 Å². The Morgan fingerprint density at radius 2 is 2.29 bits per heavy atom. The molecule has 2 nitrogen and oxygen atoms in total. The van der Waals surface area contributed by atoms with Gasteiger partial charge in [0.25, 0.3) is 0 Å². The summed E-state index contributed by atoms with van der Waals surface area (Å²) in [6.07, 6.45) is 0.410. The van der Waals surface area contributed by atoms with Gasteiger partial charge >= 0.3 is 0 Å². The minimum atomic E-state index is -0.298. The second-order valence-corrected chi connectivity index (χ2v) is 4.57. The van der Waals surface area contributed by atoms with E-state index < -0.39 is 0 Å². The van der Waals surface area contributed by atoms with E-state index in [0.717, 1.165) is 0 Å². The zero-order chi connectivity index (χ0) is 10.6. The van der Waals surface area contributed by atoms with Crippen LogP contribution < -0.4 is 5.32 Å². The molecule has 0 unspecified atom stereocenters. The molecule has 0 aliphatic rings. The molecule has 0 fully saturated rings. The van der Waals surface area contributed by atoms with Crippen LogP contribution in [0, 0.1) is 9.39 Å². The minimum Gasteiger partial charge on any atom is -0.325 e. The number of halogens is 3. The lowest BCUT2D eigenvalue weighted by molar-refractivity contribution is -0.115. The van der Waals surface area contributed by atoms with Crippen LogP contribution in [0.15, 0.2) is 18.2 Å². The summed E-state index contributed by atoms with van der Waals surface area (Å²) >= 11 is 5.15. The van der Waals surface area contributed by atoms with Crippen molar-refractivity contribution in [2.24, 2.45) is 0 Å². The number of hydrogen-bond acceptors (Lipinski definition) is 1. The van der Waals surface area contributed by atoms with Gasteiger partial charge in [0, 0.05) is 15.3 Å². The van der Waals surface area contributed by atoms with Crippen LogP contribution in [0.1, 0.15) is 6.42 Å². The molecule has 0 saturated carbocycles. The van der Waals surface area contributed by atoms with Crippen molar-refractivity contribution >= 4 is 50.1 Å². The quantitative estimate of drug-likeness (QED) is 0.641. The third-order valence-electron chi connectivity index (χ3n) is 1.53. The summed E-state index contributed by atoms with van der Waals surface area (Å²) in [6.45, 7) is 0. The van der Waals surface area contributed by atoms with Gasteiger partial charge in [0.2, 0.25) is 5.91 Å². The number of benzene rings is 1. The van der Waals surface area contributed by atoms with E-state index >= 15 is 0 Å². The monoisotopic (exact) mass is 371 g/mol. The lowest BCUT2D eigenvalue weighted by atomic mass is 10.3. The fourth-order valence-electron chi connectivity index (χ4n) is 0.889. The molecule has 1 aromatic carbocycles. The molecule has 0 aliphatic heterocycles. The predicted molar refractivity (Wildman–Crippen MR) is 66.2 cm³/mol. The van der Waals surface area contributed by atoms with E-state index in [2.05, 4.69) is 21.2 Å². The summed E-state index contributed by atoms with van der Waals surface area (Å²) in [7, 11) is 0. The number of carbonyl (C=O) groups excluding carboxylic acids is 1. The van der Waals surface area contributed by atoms with Crippen molar-refractivity contribution in [3.05, 3.63) is 27.6 Å². The van der Waals surface area contributed by atoms with Crippen LogP contribution in [0.25, 0.3) is 0 Å². The molecular weight excluding hydrogens is 364 g/mol. The highest BCUT2D eigenvalue weighted by atomic mass is 127. The molecule has 5 heteroatoms. The van der Waals surface area contributed by atoms with E-state index in [0.29, 0.717) is 21.0 Å². The smallest absolute Gasteiger partial charge is 0.225 e. The molecule has 1 amide bonds. The van der Waals surface area contributed by atoms with Crippen molar-refractivity contribution in [3.8, 4) is 0 Å². The molecule has 0 spiro atoms. The van der Waals surface area contributed by atoms with Crippen LogP contribution in [-0.4, -0.2) is 11.2 Å². The summed E-state index contributed by atoms with van der Waals surface area (Å²) in [4.78, 5) is 11.2. The van der Waals surface area contributed by atoms with Gasteiger partial charge in [-0.05, 0) is 40.8 Å². The molecule has 0 heterocycles. The van der Waals surface area contributed by atoms with E-state index in [4.69, 9.17) is 0 Å². The maximum atomic E-state index is 12.7. The van der Waals surface area contributed by atoms with Crippen LogP contribution in [0.5, 0.6) is 0 Å². The Hall–Kier alpha value is -0.170. The first kappa shape index (κ1) is 11.9. The maximum Gasteiger partial charge on any atom is 0.225 e. The average molecular weight is 372 g/mol. The Labute approximate surface area is 104 Å². The highest BCUT2D eigenvalue weighted by Gasteiger charge is 2.05. The number of carbonyl (C=O) groups is 1. The molecule has 0 aliphatic carbocycles. The Morgan fingerprint density at radius 1 is 1.57 bits per heavy atom. The van der Waals surface area contributed by atoms with E-state index in [1.54, 1.807) is 6.07 Å². The number of amides is 1. The number of nitrogens with one attached hydrogen (secondary N) is 1. The third-order valence-corrected chi connectivity index (χ3v) is 2.82. The fourth-order valence-corrected chi connectivity index (χ4v) is 1.86. The van der Waals surface area contributed by atoms with E-state index in [1.807, 2.05) is 22.6 Å². The molecular formula is C9H8BrFINO. The molecule has 76 valence electrons. The van der Waals surface area contributed by atoms with Gasteiger partial charge < -0.3 is 5.32 Å². The molecule has 0 aromatic heterocycles. The van der Waals surface area contributed by atoms with Gasteiger partial charge in [-0.1, -0.05) is 15.9 Å². The summed E-state index contributed by atoms with van der Waals surface area (Å²) in [6, 6.07) is 4.26. The number of alkyl halides is 1. The zero-order valence-corrected chi connectivity index (χ0v) is 10.9. The summed E-state index contributed by atoms with van der Waals surface area (Å²) < 4.78 is 13.4. The van der Waals surface area contributed by atoms with E-state index in [-0.39, 0.29) is 11.7 Å². The molecule has 14 heavy (non-hydrogen) atoms. The van der Waals surface area contributed by atoms with Crippen molar-refractivity contribution < 1.29 is 9.18 Å². The maximum absolute atomic E-state index is 12.7. The van der Waals surface area contributed by atoms with Crippen LogP contribution in [0.3, 0.4) is 0 Å². The van der Waals surface area contributed by atoms with Crippen molar-refractivity contribution in [2.45, 2.75) is 6.42 Å². The van der Waals surface area contributed by atoms with E-state index in [9.17, 15) is 9.18 Å². The van der Waals surface area contributed by atoms with Gasteiger partial charge in [-0.15, -0.1) is 0 Å². The summed E-state index contributed by atoms with van der Waals surface area (Å²) in [5, 5.41) is 3.32. The molecule has 1 aromatic rings. The second kappa shape index (κ2) is 5.65. The van der Waals surface area contributed by atoms with Crippen molar-refractivity contribution in [3.63, 3.8) is 0 Å². The standard InChI is InChI=1S/C9H8BrFINO/c10-4-3-9(14)13-8-2-1-6(11)5-7(8)12/h1-2,5H,3-4H2,(H,13,14). The lowest BCUT2D eigenvalue weighted by Gasteiger charge is -2.05. The number of anilines is 1. The molecule has 0 saturated heterocycles.